The molecule has 0 fully saturated rings. The van der Waals surface area contributed by atoms with Gasteiger partial charge < -0.3 is 19.9 Å². The molecule has 0 aliphatic carbocycles. The third kappa shape index (κ3) is 7.03. The Morgan fingerprint density at radius 3 is 2.58 bits per heavy atom. The summed E-state index contributed by atoms with van der Waals surface area (Å²) >= 11 is 3.41. The molecule has 1 unspecified atom stereocenters. The van der Waals surface area contributed by atoms with Crippen LogP contribution < -0.4 is 5.32 Å². The molecule has 0 bridgehead atoms. The number of aliphatic hydroxyl groups is 1. The highest BCUT2D eigenvalue weighted by atomic mass is 79.9. The summed E-state index contributed by atoms with van der Waals surface area (Å²) in [5.41, 5.74) is 1.19. The monoisotopic (exact) mass is 331 g/mol. The normalized spacial score (nSPS) is 14.3. The Kier molecular flexibility index (Phi) is 8.25. The van der Waals surface area contributed by atoms with Gasteiger partial charge in [0.25, 0.3) is 0 Å². The van der Waals surface area contributed by atoms with Gasteiger partial charge in [0.1, 0.15) is 0 Å². The number of rotatable bonds is 9. The van der Waals surface area contributed by atoms with Crippen LogP contribution in [0.2, 0.25) is 0 Å². The molecule has 0 saturated heterocycles. The first kappa shape index (κ1) is 16.6. The smallest absolute Gasteiger partial charge is 0.0897 e. The van der Waals surface area contributed by atoms with Crippen LogP contribution in [0.25, 0.3) is 0 Å². The molecule has 2 atom stereocenters. The zero-order valence-electron chi connectivity index (χ0n) is 11.4. The summed E-state index contributed by atoms with van der Waals surface area (Å²) in [4.78, 5) is 0. The lowest BCUT2D eigenvalue weighted by Crippen LogP contribution is -2.32. The second-order valence-electron chi connectivity index (χ2n) is 4.40. The van der Waals surface area contributed by atoms with Gasteiger partial charge in [0.05, 0.1) is 25.9 Å². The van der Waals surface area contributed by atoms with E-state index in [1.165, 1.54) is 5.56 Å². The van der Waals surface area contributed by atoms with Crippen LogP contribution >= 0.6 is 15.9 Å². The van der Waals surface area contributed by atoms with Gasteiger partial charge in [-0.15, -0.1) is 0 Å². The highest BCUT2D eigenvalue weighted by Gasteiger charge is 2.08. The van der Waals surface area contributed by atoms with Gasteiger partial charge in [-0.25, -0.2) is 0 Å². The fourth-order valence-electron chi connectivity index (χ4n) is 1.60. The molecule has 0 aliphatic heterocycles. The number of halogens is 1. The topological polar surface area (TPSA) is 50.7 Å². The summed E-state index contributed by atoms with van der Waals surface area (Å²) in [6, 6.07) is 8.34. The fraction of sp³-hybridized carbons (Fsp3) is 0.571. The van der Waals surface area contributed by atoms with Crippen molar-refractivity contribution in [2.45, 2.75) is 19.1 Å². The molecule has 0 radical (unpaired) electrons. The number of hydrogen-bond donors (Lipinski definition) is 2. The second-order valence-corrected chi connectivity index (χ2v) is 5.32. The van der Waals surface area contributed by atoms with Crippen molar-refractivity contribution in [3.63, 3.8) is 0 Å². The Hall–Kier alpha value is -0.460. The van der Waals surface area contributed by atoms with Gasteiger partial charge in [0.2, 0.25) is 0 Å². The van der Waals surface area contributed by atoms with Crippen LogP contribution in [0.1, 0.15) is 18.5 Å². The molecule has 108 valence electrons. The first-order valence-electron chi connectivity index (χ1n) is 6.37. The van der Waals surface area contributed by atoms with Gasteiger partial charge in [-0.3, -0.25) is 0 Å². The standard InChI is InChI=1S/C14H22BrNO3/c1-11(12-3-5-13(15)6-4-12)16-9-14(17)10-19-8-7-18-2/h3-6,11,14,16-17H,7-10H2,1-2H3/t11-,14?/m1/s1. The average Bonchev–Trinajstić information content (AvgIpc) is 2.42. The number of nitrogens with one attached hydrogen (secondary N) is 1. The van der Waals surface area contributed by atoms with Gasteiger partial charge in [0, 0.05) is 24.2 Å². The van der Waals surface area contributed by atoms with E-state index in [0.717, 1.165) is 4.47 Å². The summed E-state index contributed by atoms with van der Waals surface area (Å²) in [5.74, 6) is 0. The van der Waals surface area contributed by atoms with E-state index in [9.17, 15) is 5.11 Å². The molecular weight excluding hydrogens is 310 g/mol. The van der Waals surface area contributed by atoms with Crippen molar-refractivity contribution in [1.82, 2.24) is 5.32 Å². The molecule has 0 amide bonds. The largest absolute Gasteiger partial charge is 0.389 e. The van der Waals surface area contributed by atoms with E-state index in [0.29, 0.717) is 26.4 Å². The Bertz CT molecular complexity index is 345. The molecule has 0 aliphatic rings. The van der Waals surface area contributed by atoms with E-state index >= 15 is 0 Å². The number of aliphatic hydroxyl groups excluding tert-OH is 1. The minimum Gasteiger partial charge on any atom is -0.389 e. The lowest BCUT2D eigenvalue weighted by atomic mass is 10.1. The third-order valence-corrected chi connectivity index (χ3v) is 3.30. The van der Waals surface area contributed by atoms with Crippen LogP contribution in [0.4, 0.5) is 0 Å². The maximum absolute atomic E-state index is 9.75. The molecule has 4 nitrogen and oxygen atoms in total. The summed E-state index contributed by atoms with van der Waals surface area (Å²) in [7, 11) is 1.63. The van der Waals surface area contributed by atoms with E-state index in [1.54, 1.807) is 7.11 Å². The Balaban J connectivity index is 2.22. The highest BCUT2D eigenvalue weighted by molar-refractivity contribution is 9.10. The van der Waals surface area contributed by atoms with Gasteiger partial charge >= 0.3 is 0 Å². The van der Waals surface area contributed by atoms with Crippen LogP contribution in [0, 0.1) is 0 Å². The molecule has 0 saturated carbocycles. The van der Waals surface area contributed by atoms with E-state index in [4.69, 9.17) is 9.47 Å². The first-order chi connectivity index (χ1) is 9.13. The van der Waals surface area contributed by atoms with Crippen molar-refractivity contribution in [1.29, 1.82) is 0 Å². The molecule has 0 aromatic heterocycles. The SMILES string of the molecule is COCCOCC(O)CN[C@H](C)c1ccc(Br)cc1. The van der Waals surface area contributed by atoms with Crippen LogP contribution in [-0.2, 0) is 9.47 Å². The molecule has 0 spiro atoms. The Morgan fingerprint density at radius 2 is 1.95 bits per heavy atom. The molecule has 5 heteroatoms. The maximum Gasteiger partial charge on any atom is 0.0897 e. The molecule has 19 heavy (non-hydrogen) atoms. The molecule has 2 N–H and O–H groups in total. The van der Waals surface area contributed by atoms with Crippen molar-refractivity contribution in [3.05, 3.63) is 34.3 Å². The highest BCUT2D eigenvalue weighted by Crippen LogP contribution is 2.16. The van der Waals surface area contributed by atoms with Gasteiger partial charge in [-0.05, 0) is 24.6 Å². The quantitative estimate of drug-likeness (QED) is 0.680. The van der Waals surface area contributed by atoms with Gasteiger partial charge in [-0.2, -0.15) is 0 Å². The first-order valence-corrected chi connectivity index (χ1v) is 7.16. The van der Waals surface area contributed by atoms with Crippen molar-refractivity contribution in [2.75, 3.05) is 33.5 Å². The van der Waals surface area contributed by atoms with E-state index < -0.39 is 6.10 Å². The minimum absolute atomic E-state index is 0.196. The van der Waals surface area contributed by atoms with Crippen LogP contribution in [0.3, 0.4) is 0 Å². The second kappa shape index (κ2) is 9.44. The Morgan fingerprint density at radius 1 is 1.26 bits per heavy atom. The van der Waals surface area contributed by atoms with Crippen molar-refractivity contribution < 1.29 is 14.6 Å². The molecular formula is C14H22BrNO3. The zero-order valence-corrected chi connectivity index (χ0v) is 13.0. The van der Waals surface area contributed by atoms with Crippen LogP contribution in [0.15, 0.2) is 28.7 Å². The lowest BCUT2D eigenvalue weighted by Gasteiger charge is -2.17. The summed E-state index contributed by atoms with van der Waals surface area (Å²) < 4.78 is 11.2. The number of ether oxygens (including phenoxy) is 2. The molecule has 1 aromatic carbocycles. The summed E-state index contributed by atoms with van der Waals surface area (Å²) in [5, 5.41) is 13.0. The number of methoxy groups -OCH3 is 1. The lowest BCUT2D eigenvalue weighted by molar-refractivity contribution is 0.0130. The van der Waals surface area contributed by atoms with Crippen molar-refractivity contribution in [3.8, 4) is 0 Å². The third-order valence-electron chi connectivity index (χ3n) is 2.77. The predicted molar refractivity (Wildman–Crippen MR) is 79.3 cm³/mol. The van der Waals surface area contributed by atoms with Crippen LogP contribution in [-0.4, -0.2) is 44.7 Å². The number of benzene rings is 1. The van der Waals surface area contributed by atoms with E-state index in [2.05, 4.69) is 40.3 Å². The predicted octanol–water partition coefficient (Wildman–Crippen LogP) is 2.12. The Labute approximate surface area is 123 Å². The van der Waals surface area contributed by atoms with Crippen molar-refractivity contribution >= 4 is 15.9 Å². The summed E-state index contributed by atoms with van der Waals surface area (Å²) in [6.45, 7) is 3.96. The van der Waals surface area contributed by atoms with E-state index in [1.807, 2.05) is 12.1 Å². The van der Waals surface area contributed by atoms with Gasteiger partial charge in [0.15, 0.2) is 0 Å². The molecule has 1 rings (SSSR count). The summed E-state index contributed by atoms with van der Waals surface area (Å²) in [6.07, 6.45) is -0.505. The number of hydrogen-bond acceptors (Lipinski definition) is 4. The molecule has 1 aromatic rings. The van der Waals surface area contributed by atoms with Crippen LogP contribution in [0.5, 0.6) is 0 Å². The fourth-order valence-corrected chi connectivity index (χ4v) is 1.87. The zero-order chi connectivity index (χ0) is 14.1. The molecule has 0 heterocycles. The average molecular weight is 332 g/mol. The van der Waals surface area contributed by atoms with E-state index in [-0.39, 0.29) is 6.04 Å². The maximum atomic E-state index is 9.75. The minimum atomic E-state index is -0.505. The van der Waals surface area contributed by atoms with Gasteiger partial charge in [-0.1, -0.05) is 28.1 Å². The van der Waals surface area contributed by atoms with Crippen molar-refractivity contribution in [2.24, 2.45) is 0 Å².